The number of rotatable bonds is 4. The first-order valence-corrected chi connectivity index (χ1v) is 9.41. The maximum atomic E-state index is 5.78. The number of aromatic nitrogens is 3. The normalized spacial score (nSPS) is 26.7. The maximum absolute atomic E-state index is 5.78. The number of nitrogens with zero attached hydrogens (tertiary/aromatic N) is 5. The Balaban J connectivity index is 1.58. The summed E-state index contributed by atoms with van der Waals surface area (Å²) in [5.74, 6) is 1.11. The quantitative estimate of drug-likeness (QED) is 0.789. The van der Waals surface area contributed by atoms with E-state index >= 15 is 0 Å². The monoisotopic (exact) mass is 337 g/mol. The molecule has 1 aromatic heterocycles. The molecule has 3 fully saturated rings. The molecule has 0 radical (unpaired) electrons. The van der Waals surface area contributed by atoms with Gasteiger partial charge >= 0.3 is 0 Å². The van der Waals surface area contributed by atoms with Crippen molar-refractivity contribution in [1.82, 2.24) is 19.2 Å². The van der Waals surface area contributed by atoms with E-state index in [1.165, 1.54) is 32.1 Å². The average Bonchev–Trinajstić information content (AvgIpc) is 3.34. The van der Waals surface area contributed by atoms with Gasteiger partial charge in [-0.1, -0.05) is 0 Å². The molecule has 2 saturated heterocycles. The molecule has 7 heteroatoms. The van der Waals surface area contributed by atoms with Crippen LogP contribution in [0.15, 0.2) is 0 Å². The van der Waals surface area contributed by atoms with E-state index in [1.54, 1.807) is 0 Å². The number of hydrogen-bond acceptors (Lipinski definition) is 5. The summed E-state index contributed by atoms with van der Waals surface area (Å²) in [4.78, 5) is 4.84. The van der Waals surface area contributed by atoms with Gasteiger partial charge < -0.3 is 9.64 Å². The predicted octanol–water partition coefficient (Wildman–Crippen LogP) is 2.42. The molecule has 2 aliphatic heterocycles. The van der Waals surface area contributed by atoms with Crippen molar-refractivity contribution in [2.24, 2.45) is 0 Å². The van der Waals surface area contributed by atoms with Crippen LogP contribution in [0.3, 0.4) is 0 Å². The van der Waals surface area contributed by atoms with Crippen LogP contribution >= 0.6 is 12.2 Å². The second-order valence-corrected chi connectivity index (χ2v) is 7.50. The molecule has 4 rings (SSSR count). The topological polar surface area (TPSA) is 38.5 Å². The van der Waals surface area contributed by atoms with Gasteiger partial charge in [0, 0.05) is 32.2 Å². The van der Waals surface area contributed by atoms with Crippen LogP contribution < -0.4 is 4.90 Å². The van der Waals surface area contributed by atoms with E-state index in [0.29, 0.717) is 12.1 Å². The van der Waals surface area contributed by atoms with Gasteiger partial charge in [-0.2, -0.15) is 0 Å². The summed E-state index contributed by atoms with van der Waals surface area (Å²) in [5, 5.41) is 4.93. The van der Waals surface area contributed by atoms with Crippen molar-refractivity contribution >= 4 is 18.2 Å². The fourth-order valence-corrected chi connectivity index (χ4v) is 4.00. The Labute approximate surface area is 143 Å². The molecule has 1 saturated carbocycles. The smallest absolute Gasteiger partial charge is 0.226 e. The lowest BCUT2D eigenvalue weighted by atomic mass is 10.1. The van der Waals surface area contributed by atoms with Gasteiger partial charge in [0.2, 0.25) is 10.7 Å². The predicted molar refractivity (Wildman–Crippen MR) is 92.4 cm³/mol. The van der Waals surface area contributed by atoms with Gasteiger partial charge in [-0.15, -0.1) is 5.10 Å². The molecular formula is C16H27N5OS. The average molecular weight is 337 g/mol. The molecule has 6 nitrogen and oxygen atoms in total. The molecule has 1 unspecified atom stereocenters. The fraction of sp³-hybridized carbons (Fsp3) is 0.875. The molecule has 0 N–H and O–H groups in total. The number of hydrogen-bond donors (Lipinski definition) is 0. The van der Waals surface area contributed by atoms with Crippen molar-refractivity contribution in [3.05, 3.63) is 4.77 Å². The first kappa shape index (κ1) is 15.6. The van der Waals surface area contributed by atoms with Gasteiger partial charge in [-0.25, -0.2) is 4.68 Å². The van der Waals surface area contributed by atoms with E-state index in [0.717, 1.165) is 50.2 Å². The second-order valence-electron chi connectivity index (χ2n) is 7.13. The zero-order chi connectivity index (χ0) is 15.8. The van der Waals surface area contributed by atoms with E-state index in [-0.39, 0.29) is 0 Å². The summed E-state index contributed by atoms with van der Waals surface area (Å²) in [6, 6.07) is 0.580. The van der Waals surface area contributed by atoms with E-state index < -0.39 is 0 Å². The second kappa shape index (κ2) is 6.53. The van der Waals surface area contributed by atoms with Crippen LogP contribution in [0.5, 0.6) is 0 Å². The molecule has 0 spiro atoms. The Bertz CT molecular complexity index is 602. The van der Waals surface area contributed by atoms with E-state index in [4.69, 9.17) is 22.1 Å². The summed E-state index contributed by atoms with van der Waals surface area (Å²) in [6.45, 7) is 7.87. The van der Waals surface area contributed by atoms with E-state index in [9.17, 15) is 0 Å². The molecule has 23 heavy (non-hydrogen) atoms. The molecule has 1 atom stereocenters. The zero-order valence-corrected chi connectivity index (χ0v) is 14.8. The van der Waals surface area contributed by atoms with Crippen LogP contribution in [-0.4, -0.2) is 58.1 Å². The van der Waals surface area contributed by atoms with Crippen LogP contribution in [0, 0.1) is 4.77 Å². The minimum Gasteiger partial charge on any atom is -0.376 e. The lowest BCUT2D eigenvalue weighted by Crippen LogP contribution is -2.42. The van der Waals surface area contributed by atoms with Gasteiger partial charge in [0.1, 0.15) is 0 Å². The summed E-state index contributed by atoms with van der Waals surface area (Å²) >= 11 is 5.78. The molecule has 0 aromatic carbocycles. The van der Waals surface area contributed by atoms with E-state index in [1.807, 2.05) is 4.68 Å². The molecule has 3 heterocycles. The highest BCUT2D eigenvalue weighted by atomic mass is 32.1. The number of morpholine rings is 1. The van der Waals surface area contributed by atoms with Crippen LogP contribution in [0.25, 0.3) is 0 Å². The third-order valence-electron chi connectivity index (χ3n) is 5.06. The molecule has 0 amide bonds. The van der Waals surface area contributed by atoms with Crippen molar-refractivity contribution in [3.63, 3.8) is 0 Å². The van der Waals surface area contributed by atoms with Crippen LogP contribution in [0.1, 0.15) is 45.1 Å². The van der Waals surface area contributed by atoms with Crippen molar-refractivity contribution in [1.29, 1.82) is 0 Å². The molecule has 0 bridgehead atoms. The minimum atomic E-state index is 0.296. The molecule has 128 valence electrons. The van der Waals surface area contributed by atoms with Gasteiger partial charge in [0.15, 0.2) is 0 Å². The van der Waals surface area contributed by atoms with Gasteiger partial charge in [-0.3, -0.25) is 9.47 Å². The molecule has 1 aromatic rings. The summed E-state index contributed by atoms with van der Waals surface area (Å²) in [5.41, 5.74) is 0. The Kier molecular flexibility index (Phi) is 4.43. The zero-order valence-electron chi connectivity index (χ0n) is 14.0. The van der Waals surface area contributed by atoms with Gasteiger partial charge in [-0.05, 0) is 51.2 Å². The van der Waals surface area contributed by atoms with Crippen molar-refractivity contribution in [2.45, 2.75) is 57.8 Å². The number of ether oxygens (including phenoxy) is 1. The third-order valence-corrected chi connectivity index (χ3v) is 5.47. The van der Waals surface area contributed by atoms with E-state index in [2.05, 4.69) is 21.3 Å². The first-order chi connectivity index (χ1) is 11.2. The summed E-state index contributed by atoms with van der Waals surface area (Å²) < 4.78 is 10.9. The van der Waals surface area contributed by atoms with Crippen molar-refractivity contribution < 1.29 is 4.74 Å². The molecule has 1 aliphatic carbocycles. The van der Waals surface area contributed by atoms with Crippen LogP contribution in [0.2, 0.25) is 0 Å². The van der Waals surface area contributed by atoms with Crippen molar-refractivity contribution in [3.8, 4) is 0 Å². The standard InChI is InChI=1S/C16H27N5OS/c1-13-11-18(9-10-22-13)12-20-16(23)21(14-5-6-14)15(17-20)19-7-3-2-4-8-19/h13-14H,2-12H2,1H3. The number of anilines is 1. The Hall–Kier alpha value is -0.920. The Morgan fingerprint density at radius 3 is 2.65 bits per heavy atom. The lowest BCUT2D eigenvalue weighted by molar-refractivity contribution is -0.0307. The summed E-state index contributed by atoms with van der Waals surface area (Å²) in [7, 11) is 0. The largest absolute Gasteiger partial charge is 0.376 e. The molecule has 3 aliphatic rings. The molecular weight excluding hydrogens is 310 g/mol. The fourth-order valence-electron chi connectivity index (χ4n) is 3.67. The van der Waals surface area contributed by atoms with Crippen LogP contribution in [0.4, 0.5) is 5.95 Å². The highest BCUT2D eigenvalue weighted by molar-refractivity contribution is 7.71. The highest BCUT2D eigenvalue weighted by Crippen LogP contribution is 2.38. The van der Waals surface area contributed by atoms with Crippen LogP contribution in [-0.2, 0) is 11.4 Å². The summed E-state index contributed by atoms with van der Waals surface area (Å²) in [6.07, 6.45) is 6.67. The highest BCUT2D eigenvalue weighted by Gasteiger charge is 2.31. The number of piperidine rings is 1. The Morgan fingerprint density at radius 2 is 1.96 bits per heavy atom. The van der Waals surface area contributed by atoms with Crippen molar-refractivity contribution in [2.75, 3.05) is 37.7 Å². The lowest BCUT2D eigenvalue weighted by Gasteiger charge is -2.30. The van der Waals surface area contributed by atoms with Gasteiger partial charge in [0.05, 0.1) is 19.4 Å². The SMILES string of the molecule is CC1CN(Cn2nc(N3CCCCC3)n(C3CC3)c2=S)CCO1. The van der Waals surface area contributed by atoms with Gasteiger partial charge in [0.25, 0.3) is 0 Å². The first-order valence-electron chi connectivity index (χ1n) is 9.00. The minimum absolute atomic E-state index is 0.296. The Morgan fingerprint density at radius 1 is 1.17 bits per heavy atom. The third kappa shape index (κ3) is 3.32. The maximum Gasteiger partial charge on any atom is 0.226 e.